The normalized spacial score (nSPS) is 17.7. The Hall–Kier alpha value is -3.12. The smallest absolute Gasteiger partial charge is 0.295 e. The number of likely N-dealkylation sites (tertiary alicyclic amines) is 1. The summed E-state index contributed by atoms with van der Waals surface area (Å²) < 4.78 is 5.85. The molecule has 6 nitrogen and oxygen atoms in total. The van der Waals surface area contributed by atoms with Gasteiger partial charge in [-0.1, -0.05) is 58.0 Å². The number of likely N-dealkylation sites (N-methyl/N-ethyl adjacent to an activating group) is 1. The highest BCUT2D eigenvalue weighted by atomic mass is 16.5. The van der Waals surface area contributed by atoms with E-state index in [0.29, 0.717) is 31.2 Å². The molecule has 0 unspecified atom stereocenters. The summed E-state index contributed by atoms with van der Waals surface area (Å²) >= 11 is 0. The molecule has 0 aromatic heterocycles. The fourth-order valence-corrected chi connectivity index (χ4v) is 4.25. The first kappa shape index (κ1) is 25.5. The van der Waals surface area contributed by atoms with Gasteiger partial charge in [0.15, 0.2) is 0 Å². The first-order valence-electron chi connectivity index (χ1n) is 12.1. The number of ketones is 1. The number of carbonyl (C=O) groups excluding carboxylic acids is 2. The predicted molar refractivity (Wildman–Crippen MR) is 135 cm³/mol. The second-order valence-corrected chi connectivity index (χ2v) is 9.12. The number of carbonyl (C=O) groups is 2. The van der Waals surface area contributed by atoms with Crippen molar-refractivity contribution in [2.75, 3.05) is 32.8 Å². The van der Waals surface area contributed by atoms with E-state index in [1.54, 1.807) is 23.1 Å². The lowest BCUT2D eigenvalue weighted by molar-refractivity contribution is -0.140. The summed E-state index contributed by atoms with van der Waals surface area (Å²) in [4.78, 5) is 30.1. The van der Waals surface area contributed by atoms with Crippen molar-refractivity contribution in [2.45, 2.75) is 40.7 Å². The molecule has 1 N–H and O–H groups in total. The van der Waals surface area contributed by atoms with Crippen molar-refractivity contribution in [1.29, 1.82) is 0 Å². The largest absolute Gasteiger partial charge is 0.507 e. The molecule has 1 saturated heterocycles. The summed E-state index contributed by atoms with van der Waals surface area (Å²) in [6.07, 6.45) is 0. The average Bonchev–Trinajstić information content (AvgIpc) is 3.08. The fraction of sp³-hybridized carbons (Fsp3) is 0.429. The van der Waals surface area contributed by atoms with Crippen molar-refractivity contribution in [1.82, 2.24) is 9.80 Å². The molecule has 1 aliphatic heterocycles. The number of nitrogens with zero attached hydrogens (tertiary/aromatic N) is 2. The van der Waals surface area contributed by atoms with E-state index in [4.69, 9.17) is 4.74 Å². The van der Waals surface area contributed by atoms with Gasteiger partial charge in [0, 0.05) is 18.7 Å². The lowest BCUT2D eigenvalue weighted by Gasteiger charge is -2.28. The van der Waals surface area contributed by atoms with E-state index in [9.17, 15) is 14.7 Å². The summed E-state index contributed by atoms with van der Waals surface area (Å²) in [5, 5.41) is 11.3. The highest BCUT2D eigenvalue weighted by molar-refractivity contribution is 6.46. The molecular formula is C28H36N2O4. The zero-order valence-corrected chi connectivity index (χ0v) is 20.9. The Bertz CT molecular complexity index is 1040. The van der Waals surface area contributed by atoms with E-state index >= 15 is 0 Å². The van der Waals surface area contributed by atoms with Crippen LogP contribution >= 0.6 is 0 Å². The van der Waals surface area contributed by atoms with Gasteiger partial charge in [0.1, 0.15) is 11.5 Å². The molecule has 0 spiro atoms. The Morgan fingerprint density at radius 2 is 1.76 bits per heavy atom. The van der Waals surface area contributed by atoms with Gasteiger partial charge in [0.2, 0.25) is 0 Å². The van der Waals surface area contributed by atoms with Gasteiger partial charge in [-0.25, -0.2) is 0 Å². The molecule has 34 heavy (non-hydrogen) atoms. The monoisotopic (exact) mass is 464 g/mol. The van der Waals surface area contributed by atoms with Crippen molar-refractivity contribution in [2.24, 2.45) is 5.92 Å². The first-order valence-corrected chi connectivity index (χ1v) is 12.1. The lowest BCUT2D eigenvalue weighted by atomic mass is 9.95. The molecule has 0 aliphatic carbocycles. The summed E-state index contributed by atoms with van der Waals surface area (Å²) in [5.41, 5.74) is 2.29. The van der Waals surface area contributed by atoms with Crippen LogP contribution < -0.4 is 4.74 Å². The fourth-order valence-electron chi connectivity index (χ4n) is 4.25. The Morgan fingerprint density at radius 1 is 1.09 bits per heavy atom. The van der Waals surface area contributed by atoms with Crippen LogP contribution in [0.5, 0.6) is 5.75 Å². The molecule has 2 aromatic carbocycles. The van der Waals surface area contributed by atoms with Crippen LogP contribution in [0.15, 0.2) is 54.1 Å². The molecule has 0 bridgehead atoms. The maximum atomic E-state index is 13.2. The molecule has 1 amide bonds. The number of aryl methyl sites for hydroxylation is 1. The van der Waals surface area contributed by atoms with Crippen LogP contribution in [0.1, 0.15) is 50.4 Å². The maximum absolute atomic E-state index is 13.2. The molecule has 6 heteroatoms. The van der Waals surface area contributed by atoms with Crippen molar-refractivity contribution >= 4 is 17.4 Å². The van der Waals surface area contributed by atoms with Crippen LogP contribution in [0.2, 0.25) is 0 Å². The second kappa shape index (κ2) is 11.3. The van der Waals surface area contributed by atoms with Crippen LogP contribution in [-0.2, 0) is 9.59 Å². The molecule has 1 atom stereocenters. The number of aliphatic hydroxyl groups excluding tert-OH is 1. The van der Waals surface area contributed by atoms with E-state index < -0.39 is 17.7 Å². The predicted octanol–water partition coefficient (Wildman–Crippen LogP) is 4.79. The van der Waals surface area contributed by atoms with Gasteiger partial charge >= 0.3 is 0 Å². The summed E-state index contributed by atoms with van der Waals surface area (Å²) in [6, 6.07) is 14.2. The van der Waals surface area contributed by atoms with E-state index in [1.807, 2.05) is 37.3 Å². The number of hydrogen-bond donors (Lipinski definition) is 1. The van der Waals surface area contributed by atoms with E-state index in [-0.39, 0.29) is 11.3 Å². The first-order chi connectivity index (χ1) is 16.3. The van der Waals surface area contributed by atoms with E-state index in [0.717, 1.165) is 30.0 Å². The van der Waals surface area contributed by atoms with Gasteiger partial charge < -0.3 is 19.6 Å². The summed E-state index contributed by atoms with van der Waals surface area (Å²) in [5.74, 6) is -0.244. The Labute approximate surface area is 202 Å². The minimum atomic E-state index is -0.649. The number of aliphatic hydroxyl groups is 1. The van der Waals surface area contributed by atoms with Crippen molar-refractivity contribution in [3.63, 3.8) is 0 Å². The Morgan fingerprint density at radius 3 is 2.35 bits per heavy atom. The third kappa shape index (κ3) is 5.50. The summed E-state index contributed by atoms with van der Waals surface area (Å²) in [7, 11) is 0. The minimum Gasteiger partial charge on any atom is -0.507 e. The number of hydrogen-bond acceptors (Lipinski definition) is 5. The lowest BCUT2D eigenvalue weighted by Crippen LogP contribution is -2.38. The zero-order chi connectivity index (χ0) is 24.8. The number of Topliss-reactive ketones (excluding diaryl/α,β-unsaturated/α-hetero) is 1. The highest BCUT2D eigenvalue weighted by Crippen LogP contribution is 2.39. The van der Waals surface area contributed by atoms with Crippen molar-refractivity contribution in [3.05, 3.63) is 70.8 Å². The van der Waals surface area contributed by atoms with Crippen LogP contribution in [0.25, 0.3) is 5.76 Å². The second-order valence-electron chi connectivity index (χ2n) is 9.12. The topological polar surface area (TPSA) is 70.1 Å². The molecule has 182 valence electrons. The van der Waals surface area contributed by atoms with Gasteiger partial charge in [-0.05, 0) is 55.3 Å². The molecule has 1 heterocycles. The minimum absolute atomic E-state index is 0.131. The Kier molecular flexibility index (Phi) is 8.51. The third-order valence-corrected chi connectivity index (χ3v) is 6.23. The highest BCUT2D eigenvalue weighted by Gasteiger charge is 2.45. The third-order valence-electron chi connectivity index (χ3n) is 6.23. The van der Waals surface area contributed by atoms with Gasteiger partial charge in [0.05, 0.1) is 18.2 Å². The van der Waals surface area contributed by atoms with Crippen LogP contribution in [0.4, 0.5) is 0 Å². The molecule has 3 rings (SSSR count). The molecule has 0 saturated carbocycles. The molecule has 0 radical (unpaired) electrons. The molecular weight excluding hydrogens is 428 g/mol. The van der Waals surface area contributed by atoms with Gasteiger partial charge in [-0.2, -0.15) is 0 Å². The molecule has 1 fully saturated rings. The van der Waals surface area contributed by atoms with Crippen molar-refractivity contribution in [3.8, 4) is 5.75 Å². The quantitative estimate of drug-likeness (QED) is 0.311. The van der Waals surface area contributed by atoms with Crippen molar-refractivity contribution < 1.29 is 19.4 Å². The standard InChI is InChI=1S/C28H36N2O4/c1-6-29(7-2)15-16-30-25(21-11-9-8-10-12-21)24(27(32)28(30)33)26(31)22-13-14-23(20(5)17-22)34-18-19(3)4/h8-14,17,19,25,31H,6-7,15-16,18H2,1-5H3/t25-/m1/s1. The number of ether oxygens (including phenoxy) is 1. The number of amides is 1. The van der Waals surface area contributed by atoms with Gasteiger partial charge in [0.25, 0.3) is 11.7 Å². The Balaban J connectivity index is 2.02. The number of rotatable bonds is 10. The average molecular weight is 465 g/mol. The number of benzene rings is 2. The van der Waals surface area contributed by atoms with Crippen LogP contribution in [0.3, 0.4) is 0 Å². The molecule has 2 aromatic rings. The van der Waals surface area contributed by atoms with E-state index in [2.05, 4.69) is 32.6 Å². The van der Waals surface area contributed by atoms with Crippen LogP contribution in [-0.4, -0.2) is 59.4 Å². The SMILES string of the molecule is CCN(CC)CCN1C(=O)C(=O)C(=C(O)c2ccc(OCC(C)C)c(C)c2)[C@H]1c1ccccc1. The maximum Gasteiger partial charge on any atom is 0.295 e. The summed E-state index contributed by atoms with van der Waals surface area (Å²) in [6.45, 7) is 13.6. The zero-order valence-electron chi connectivity index (χ0n) is 20.9. The van der Waals surface area contributed by atoms with Gasteiger partial charge in [-0.3, -0.25) is 9.59 Å². The van der Waals surface area contributed by atoms with E-state index in [1.165, 1.54) is 0 Å². The van der Waals surface area contributed by atoms with Gasteiger partial charge in [-0.15, -0.1) is 0 Å². The molecule has 1 aliphatic rings. The van der Waals surface area contributed by atoms with Crippen LogP contribution in [0, 0.1) is 12.8 Å².